The summed E-state index contributed by atoms with van der Waals surface area (Å²) >= 11 is 0. The Morgan fingerprint density at radius 2 is 1.92 bits per heavy atom. The van der Waals surface area contributed by atoms with Crippen LogP contribution in [-0.4, -0.2) is 30.3 Å². The minimum Gasteiger partial charge on any atom is -0.299 e. The number of hydrogen-bond acceptors (Lipinski definition) is 2. The van der Waals surface area contributed by atoms with Gasteiger partial charge < -0.3 is 0 Å². The van der Waals surface area contributed by atoms with Gasteiger partial charge in [-0.25, -0.2) is 0 Å². The van der Waals surface area contributed by atoms with E-state index < -0.39 is 0 Å². The first-order valence-electron chi connectivity index (χ1n) is 8.98. The fourth-order valence-electron chi connectivity index (χ4n) is 4.82. The maximum absolute atomic E-state index is 11.6. The van der Waals surface area contributed by atoms with Gasteiger partial charge in [0.25, 0.3) is 0 Å². The van der Waals surface area contributed by atoms with Crippen molar-refractivity contribution in [2.45, 2.75) is 26.2 Å². The summed E-state index contributed by atoms with van der Waals surface area (Å²) in [5.74, 6) is 2.00. The molecule has 0 amide bonds. The van der Waals surface area contributed by atoms with E-state index in [0.29, 0.717) is 24.3 Å². The summed E-state index contributed by atoms with van der Waals surface area (Å²) in [6.45, 7) is 6.59. The summed E-state index contributed by atoms with van der Waals surface area (Å²) in [6.07, 6.45) is 1.15. The quantitative estimate of drug-likeness (QED) is 0.857. The van der Waals surface area contributed by atoms with Crippen LogP contribution in [0.2, 0.25) is 0 Å². The molecule has 1 aliphatic heterocycles. The monoisotopic (exact) mass is 319 g/mol. The maximum atomic E-state index is 11.6. The second-order valence-corrected chi connectivity index (χ2v) is 7.61. The summed E-state index contributed by atoms with van der Waals surface area (Å²) in [5.41, 5.74) is 5.77. The van der Waals surface area contributed by atoms with Gasteiger partial charge in [-0.15, -0.1) is 0 Å². The molecule has 2 aliphatic rings. The van der Waals surface area contributed by atoms with Crippen LogP contribution in [0.5, 0.6) is 0 Å². The van der Waals surface area contributed by atoms with E-state index in [1.165, 1.54) is 22.3 Å². The molecule has 3 unspecified atom stereocenters. The standard InChI is InChI=1S/C22H25NO/c1-15-8-9-18-11-19-13-23(12-16(2)24)14-21(19)22(20(18)10-15)17-6-4-3-5-7-17/h3-10,19,21-22H,11-14H2,1-2H3. The predicted octanol–water partition coefficient (Wildman–Crippen LogP) is 3.82. The molecule has 124 valence electrons. The van der Waals surface area contributed by atoms with Crippen molar-refractivity contribution in [2.24, 2.45) is 11.8 Å². The molecule has 1 heterocycles. The molecule has 2 aromatic rings. The first-order valence-corrected chi connectivity index (χ1v) is 8.98. The number of fused-ring (bicyclic) bond motifs is 2. The Hall–Kier alpha value is -1.93. The molecule has 2 nitrogen and oxygen atoms in total. The highest BCUT2D eigenvalue weighted by Gasteiger charge is 2.43. The summed E-state index contributed by atoms with van der Waals surface area (Å²) < 4.78 is 0. The van der Waals surface area contributed by atoms with E-state index in [4.69, 9.17) is 0 Å². The Bertz CT molecular complexity index is 752. The van der Waals surface area contributed by atoms with Gasteiger partial charge in [-0.2, -0.15) is 0 Å². The fourth-order valence-corrected chi connectivity index (χ4v) is 4.82. The lowest BCUT2D eigenvalue weighted by atomic mass is 9.68. The molecule has 0 saturated carbocycles. The van der Waals surface area contributed by atoms with Gasteiger partial charge >= 0.3 is 0 Å². The van der Waals surface area contributed by atoms with Crippen molar-refractivity contribution in [3.8, 4) is 0 Å². The van der Waals surface area contributed by atoms with Gasteiger partial charge in [-0.05, 0) is 48.8 Å². The number of nitrogens with zero attached hydrogens (tertiary/aromatic N) is 1. The van der Waals surface area contributed by atoms with E-state index in [-0.39, 0.29) is 5.78 Å². The fraction of sp³-hybridized carbons (Fsp3) is 0.409. The van der Waals surface area contributed by atoms with E-state index in [0.717, 1.165) is 19.5 Å². The lowest BCUT2D eigenvalue weighted by Gasteiger charge is -2.36. The molecule has 1 aliphatic carbocycles. The molecule has 3 atom stereocenters. The van der Waals surface area contributed by atoms with Crippen molar-refractivity contribution in [2.75, 3.05) is 19.6 Å². The normalized spacial score (nSPS) is 26.0. The Kier molecular flexibility index (Phi) is 4.01. The van der Waals surface area contributed by atoms with Crippen molar-refractivity contribution >= 4 is 5.78 Å². The Labute approximate surface area is 144 Å². The number of Topliss-reactive ketones (excluding diaryl/α,β-unsaturated/α-hetero) is 1. The smallest absolute Gasteiger partial charge is 0.143 e. The SMILES string of the molecule is CC(=O)CN1CC2Cc3ccc(C)cc3C(c3ccccc3)C2C1. The van der Waals surface area contributed by atoms with Gasteiger partial charge in [0.15, 0.2) is 0 Å². The molecule has 1 saturated heterocycles. The second-order valence-electron chi connectivity index (χ2n) is 7.61. The molecular weight excluding hydrogens is 294 g/mol. The molecule has 0 aromatic heterocycles. The zero-order chi connectivity index (χ0) is 16.7. The molecule has 0 N–H and O–H groups in total. The topological polar surface area (TPSA) is 20.3 Å². The highest BCUT2D eigenvalue weighted by molar-refractivity contribution is 5.77. The lowest BCUT2D eigenvalue weighted by molar-refractivity contribution is -0.117. The van der Waals surface area contributed by atoms with E-state index >= 15 is 0 Å². The first kappa shape index (κ1) is 15.6. The minimum atomic E-state index is 0.276. The predicted molar refractivity (Wildman–Crippen MR) is 97.3 cm³/mol. The molecular formula is C22H25NO. The number of carbonyl (C=O) groups is 1. The summed E-state index contributed by atoms with van der Waals surface area (Å²) in [7, 11) is 0. The number of likely N-dealkylation sites (tertiary alicyclic amines) is 1. The van der Waals surface area contributed by atoms with Crippen LogP contribution >= 0.6 is 0 Å². The highest BCUT2D eigenvalue weighted by atomic mass is 16.1. The number of carbonyl (C=O) groups excluding carboxylic acids is 1. The van der Waals surface area contributed by atoms with Gasteiger partial charge in [0.05, 0.1) is 6.54 Å². The Morgan fingerprint density at radius 3 is 2.67 bits per heavy atom. The zero-order valence-corrected chi connectivity index (χ0v) is 14.5. The van der Waals surface area contributed by atoms with Gasteiger partial charge in [0.1, 0.15) is 5.78 Å². The number of benzene rings is 2. The van der Waals surface area contributed by atoms with Crippen LogP contribution in [0.4, 0.5) is 0 Å². The molecule has 1 fully saturated rings. The highest BCUT2D eigenvalue weighted by Crippen LogP contribution is 2.47. The average Bonchev–Trinajstić information content (AvgIpc) is 2.94. The number of rotatable bonds is 3. The maximum Gasteiger partial charge on any atom is 0.143 e. The third-order valence-electron chi connectivity index (χ3n) is 5.72. The number of ketones is 1. The third kappa shape index (κ3) is 2.80. The van der Waals surface area contributed by atoms with Crippen LogP contribution in [0.25, 0.3) is 0 Å². The van der Waals surface area contributed by atoms with Crippen molar-refractivity contribution in [3.05, 3.63) is 70.8 Å². The Balaban J connectivity index is 1.75. The van der Waals surface area contributed by atoms with E-state index in [1.807, 2.05) is 0 Å². The first-order chi connectivity index (χ1) is 11.6. The summed E-state index contributed by atoms with van der Waals surface area (Å²) in [4.78, 5) is 13.9. The third-order valence-corrected chi connectivity index (χ3v) is 5.72. The molecule has 0 radical (unpaired) electrons. The van der Waals surface area contributed by atoms with Crippen LogP contribution in [0.3, 0.4) is 0 Å². The minimum absolute atomic E-state index is 0.276. The number of hydrogen-bond donors (Lipinski definition) is 0. The lowest BCUT2D eigenvalue weighted by Crippen LogP contribution is -2.29. The molecule has 24 heavy (non-hydrogen) atoms. The van der Waals surface area contributed by atoms with E-state index in [2.05, 4.69) is 60.4 Å². The van der Waals surface area contributed by atoms with Gasteiger partial charge in [-0.3, -0.25) is 9.69 Å². The van der Waals surface area contributed by atoms with Crippen LogP contribution in [0.15, 0.2) is 48.5 Å². The number of aryl methyl sites for hydroxylation is 1. The van der Waals surface area contributed by atoms with Crippen molar-refractivity contribution < 1.29 is 4.79 Å². The van der Waals surface area contributed by atoms with Gasteiger partial charge in [0, 0.05) is 19.0 Å². The largest absolute Gasteiger partial charge is 0.299 e. The van der Waals surface area contributed by atoms with Crippen molar-refractivity contribution in [3.63, 3.8) is 0 Å². The average molecular weight is 319 g/mol. The van der Waals surface area contributed by atoms with Gasteiger partial charge in [0.2, 0.25) is 0 Å². The zero-order valence-electron chi connectivity index (χ0n) is 14.5. The van der Waals surface area contributed by atoms with Crippen LogP contribution < -0.4 is 0 Å². The van der Waals surface area contributed by atoms with Crippen molar-refractivity contribution in [1.82, 2.24) is 4.90 Å². The van der Waals surface area contributed by atoms with Gasteiger partial charge in [-0.1, -0.05) is 54.1 Å². The second kappa shape index (κ2) is 6.18. The molecule has 2 aromatic carbocycles. The van der Waals surface area contributed by atoms with Crippen molar-refractivity contribution in [1.29, 1.82) is 0 Å². The Morgan fingerprint density at radius 1 is 1.12 bits per heavy atom. The molecule has 2 heteroatoms. The van der Waals surface area contributed by atoms with Crippen LogP contribution in [-0.2, 0) is 11.2 Å². The molecule has 0 spiro atoms. The van der Waals surface area contributed by atoms with Crippen LogP contribution in [0.1, 0.15) is 35.1 Å². The van der Waals surface area contributed by atoms with E-state index in [1.54, 1.807) is 6.92 Å². The summed E-state index contributed by atoms with van der Waals surface area (Å²) in [6, 6.07) is 17.9. The van der Waals surface area contributed by atoms with E-state index in [9.17, 15) is 4.79 Å². The molecule has 0 bridgehead atoms. The summed E-state index contributed by atoms with van der Waals surface area (Å²) in [5, 5.41) is 0. The molecule has 4 rings (SSSR count). The van der Waals surface area contributed by atoms with Crippen LogP contribution in [0, 0.1) is 18.8 Å².